The van der Waals surface area contributed by atoms with E-state index in [0.717, 1.165) is 36.8 Å². The molecule has 1 amide bonds. The van der Waals surface area contributed by atoms with Crippen LogP contribution in [0.4, 0.5) is 0 Å². The van der Waals surface area contributed by atoms with Crippen molar-refractivity contribution in [1.29, 1.82) is 0 Å². The molecule has 1 aliphatic rings. The minimum Gasteiger partial charge on any atom is -0.340 e. The van der Waals surface area contributed by atoms with Gasteiger partial charge in [-0.05, 0) is 31.4 Å². The van der Waals surface area contributed by atoms with E-state index in [9.17, 15) is 9.59 Å². The zero-order valence-electron chi connectivity index (χ0n) is 12.3. The molecule has 1 aliphatic carbocycles. The molecule has 0 unspecified atom stereocenters. The van der Waals surface area contributed by atoms with Gasteiger partial charge in [0.1, 0.15) is 0 Å². The van der Waals surface area contributed by atoms with E-state index >= 15 is 0 Å². The summed E-state index contributed by atoms with van der Waals surface area (Å²) in [7, 11) is 0. The molecule has 1 aromatic rings. The van der Waals surface area contributed by atoms with Gasteiger partial charge in [0.05, 0.1) is 5.92 Å². The van der Waals surface area contributed by atoms with Crippen LogP contribution in [0, 0.1) is 12.8 Å². The van der Waals surface area contributed by atoms with E-state index in [1.165, 1.54) is 12.5 Å². The number of hydrogen-bond donors (Lipinski definition) is 1. The molecule has 0 aliphatic heterocycles. The number of benzene rings is 1. The minimum absolute atomic E-state index is 0.0693. The number of nitrogens with one attached hydrogen (secondary N) is 1. The van der Waals surface area contributed by atoms with Crippen LogP contribution in [0.1, 0.15) is 43.2 Å². The number of rotatable bonds is 3. The summed E-state index contributed by atoms with van der Waals surface area (Å²) in [6.45, 7) is 2.00. The SMILES string of the molecule is Cc1ccc(C=CC(=O)NOC(=O)C2CCCCC2)cc1. The minimum atomic E-state index is -0.431. The van der Waals surface area contributed by atoms with Crippen LogP contribution < -0.4 is 5.48 Å². The number of hydrogen-bond acceptors (Lipinski definition) is 3. The average molecular weight is 287 g/mol. The fraction of sp³-hybridized carbons (Fsp3) is 0.412. The maximum atomic E-state index is 11.8. The standard InChI is InChI=1S/C17H21NO3/c1-13-7-9-14(10-8-13)11-12-16(19)18-21-17(20)15-5-3-2-4-6-15/h7-12,15H,2-6H2,1H3,(H,18,19). The predicted molar refractivity (Wildman–Crippen MR) is 81.0 cm³/mol. The van der Waals surface area contributed by atoms with Crippen LogP contribution in [0.5, 0.6) is 0 Å². The van der Waals surface area contributed by atoms with Crippen LogP contribution >= 0.6 is 0 Å². The van der Waals surface area contributed by atoms with Gasteiger partial charge < -0.3 is 4.84 Å². The molecule has 0 aromatic heterocycles. The Morgan fingerprint density at radius 1 is 1.14 bits per heavy atom. The van der Waals surface area contributed by atoms with E-state index in [-0.39, 0.29) is 11.9 Å². The second kappa shape index (κ2) is 7.62. The van der Waals surface area contributed by atoms with Gasteiger partial charge in [-0.15, -0.1) is 0 Å². The summed E-state index contributed by atoms with van der Waals surface area (Å²) in [6.07, 6.45) is 8.04. The van der Waals surface area contributed by atoms with Crippen molar-refractivity contribution in [3.05, 3.63) is 41.5 Å². The Labute approximate surface area is 125 Å². The molecule has 1 fully saturated rings. The number of carbonyl (C=O) groups is 2. The van der Waals surface area contributed by atoms with Crippen molar-refractivity contribution in [1.82, 2.24) is 5.48 Å². The van der Waals surface area contributed by atoms with E-state index in [1.807, 2.05) is 31.2 Å². The molecule has 0 spiro atoms. The predicted octanol–water partition coefficient (Wildman–Crippen LogP) is 3.16. The first-order valence-corrected chi connectivity index (χ1v) is 7.40. The van der Waals surface area contributed by atoms with Gasteiger partial charge in [0.15, 0.2) is 0 Å². The van der Waals surface area contributed by atoms with Gasteiger partial charge in [-0.2, -0.15) is 5.48 Å². The number of hydroxylamine groups is 1. The quantitative estimate of drug-likeness (QED) is 0.686. The highest BCUT2D eigenvalue weighted by atomic mass is 16.7. The van der Waals surface area contributed by atoms with E-state index in [2.05, 4.69) is 5.48 Å². The van der Waals surface area contributed by atoms with E-state index in [4.69, 9.17) is 4.84 Å². The van der Waals surface area contributed by atoms with E-state index < -0.39 is 5.91 Å². The molecule has 0 bridgehead atoms. The van der Waals surface area contributed by atoms with Crippen molar-refractivity contribution < 1.29 is 14.4 Å². The van der Waals surface area contributed by atoms with Crippen LogP contribution in [0.25, 0.3) is 6.08 Å². The van der Waals surface area contributed by atoms with Crippen LogP contribution in [0.2, 0.25) is 0 Å². The summed E-state index contributed by atoms with van der Waals surface area (Å²) in [5.74, 6) is -0.827. The molecule has 1 aromatic carbocycles. The van der Waals surface area contributed by atoms with Crippen molar-refractivity contribution in [2.75, 3.05) is 0 Å². The number of aryl methyl sites for hydroxylation is 1. The lowest BCUT2D eigenvalue weighted by Gasteiger charge is -2.19. The van der Waals surface area contributed by atoms with Crippen molar-refractivity contribution in [3.63, 3.8) is 0 Å². The molecule has 1 saturated carbocycles. The first-order chi connectivity index (χ1) is 10.1. The zero-order valence-corrected chi connectivity index (χ0v) is 12.3. The highest BCUT2D eigenvalue weighted by Gasteiger charge is 2.23. The van der Waals surface area contributed by atoms with Crippen LogP contribution in [0.3, 0.4) is 0 Å². The smallest absolute Gasteiger partial charge is 0.335 e. The fourth-order valence-corrected chi connectivity index (χ4v) is 2.41. The molecule has 112 valence electrons. The Morgan fingerprint density at radius 2 is 1.81 bits per heavy atom. The summed E-state index contributed by atoms with van der Waals surface area (Å²) < 4.78 is 0. The normalized spacial score (nSPS) is 15.9. The molecule has 0 atom stereocenters. The monoisotopic (exact) mass is 287 g/mol. The van der Waals surface area contributed by atoms with Gasteiger partial charge in [-0.25, -0.2) is 4.79 Å². The maximum absolute atomic E-state index is 11.8. The number of amides is 1. The summed E-state index contributed by atoms with van der Waals surface area (Å²) >= 11 is 0. The molecule has 4 nitrogen and oxygen atoms in total. The van der Waals surface area contributed by atoms with Gasteiger partial charge in [0.25, 0.3) is 5.91 Å². The second-order valence-corrected chi connectivity index (χ2v) is 5.47. The summed E-state index contributed by atoms with van der Waals surface area (Å²) in [5.41, 5.74) is 4.28. The van der Waals surface area contributed by atoms with Gasteiger partial charge in [0, 0.05) is 6.08 Å². The van der Waals surface area contributed by atoms with Crippen molar-refractivity contribution in [3.8, 4) is 0 Å². The number of carbonyl (C=O) groups excluding carboxylic acids is 2. The third-order valence-corrected chi connectivity index (χ3v) is 3.70. The lowest BCUT2D eigenvalue weighted by molar-refractivity contribution is -0.161. The molecule has 2 rings (SSSR count). The Hall–Kier alpha value is -2.10. The van der Waals surface area contributed by atoms with E-state index in [0.29, 0.717) is 0 Å². The molecule has 21 heavy (non-hydrogen) atoms. The largest absolute Gasteiger partial charge is 0.340 e. The zero-order chi connectivity index (χ0) is 15.1. The van der Waals surface area contributed by atoms with Gasteiger partial charge in [0.2, 0.25) is 0 Å². The Morgan fingerprint density at radius 3 is 2.48 bits per heavy atom. The van der Waals surface area contributed by atoms with E-state index in [1.54, 1.807) is 6.08 Å². The Bertz CT molecular complexity index is 513. The Kier molecular flexibility index (Phi) is 5.55. The first kappa shape index (κ1) is 15.3. The lowest BCUT2D eigenvalue weighted by Crippen LogP contribution is -2.30. The first-order valence-electron chi connectivity index (χ1n) is 7.40. The molecule has 4 heteroatoms. The molecule has 0 radical (unpaired) electrons. The van der Waals surface area contributed by atoms with Crippen molar-refractivity contribution in [2.24, 2.45) is 5.92 Å². The Balaban J connectivity index is 1.76. The molecular formula is C17H21NO3. The molecule has 1 N–H and O–H groups in total. The van der Waals surface area contributed by atoms with Crippen molar-refractivity contribution >= 4 is 18.0 Å². The topological polar surface area (TPSA) is 55.4 Å². The van der Waals surface area contributed by atoms with Gasteiger partial charge in [-0.1, -0.05) is 49.1 Å². The van der Waals surface area contributed by atoms with Crippen molar-refractivity contribution in [2.45, 2.75) is 39.0 Å². The summed E-state index contributed by atoms with van der Waals surface area (Å²) in [4.78, 5) is 28.2. The third-order valence-electron chi connectivity index (χ3n) is 3.70. The summed E-state index contributed by atoms with van der Waals surface area (Å²) in [6, 6.07) is 7.79. The lowest BCUT2D eigenvalue weighted by atomic mass is 9.89. The van der Waals surface area contributed by atoms with Crippen LogP contribution in [-0.2, 0) is 14.4 Å². The summed E-state index contributed by atoms with van der Waals surface area (Å²) in [5, 5.41) is 0. The highest BCUT2D eigenvalue weighted by molar-refractivity contribution is 5.91. The second-order valence-electron chi connectivity index (χ2n) is 5.47. The van der Waals surface area contributed by atoms with Gasteiger partial charge >= 0.3 is 5.97 Å². The fourth-order valence-electron chi connectivity index (χ4n) is 2.41. The molecular weight excluding hydrogens is 266 g/mol. The van der Waals surface area contributed by atoms with Crippen LogP contribution in [-0.4, -0.2) is 11.9 Å². The van der Waals surface area contributed by atoms with Gasteiger partial charge in [-0.3, -0.25) is 4.79 Å². The third kappa shape index (κ3) is 5.06. The molecule has 0 saturated heterocycles. The highest BCUT2D eigenvalue weighted by Crippen LogP contribution is 2.24. The van der Waals surface area contributed by atoms with Crippen LogP contribution in [0.15, 0.2) is 30.3 Å². The average Bonchev–Trinajstić information content (AvgIpc) is 2.53. The maximum Gasteiger partial charge on any atom is 0.335 e. The molecule has 0 heterocycles.